The minimum Gasteiger partial charge on any atom is -0.457 e. The number of nitrogens with one attached hydrogen (secondary N) is 2. The van der Waals surface area contributed by atoms with Crippen molar-refractivity contribution in [2.75, 3.05) is 7.05 Å². The molecule has 2 unspecified atom stereocenters. The van der Waals surface area contributed by atoms with Gasteiger partial charge in [-0.1, -0.05) is 145 Å². The van der Waals surface area contributed by atoms with Crippen LogP contribution in [-0.2, 0) is 11.8 Å². The van der Waals surface area contributed by atoms with Gasteiger partial charge in [0.25, 0.3) is 0 Å². The van der Waals surface area contributed by atoms with Crippen LogP contribution in [0.2, 0.25) is 0 Å². The molecule has 4 aliphatic rings. The van der Waals surface area contributed by atoms with E-state index in [1.165, 1.54) is 59.5 Å². The number of aryl methyl sites for hydroxylation is 1. The highest BCUT2D eigenvalue weighted by Crippen LogP contribution is 2.62. The molecule has 1 spiro atoms. The van der Waals surface area contributed by atoms with Crippen molar-refractivity contribution in [3.05, 3.63) is 207 Å². The molecule has 7 aromatic rings. The summed E-state index contributed by atoms with van der Waals surface area (Å²) in [5.41, 5.74) is 14.2. The third-order valence-corrected chi connectivity index (χ3v) is 14.4. The molecule has 0 saturated carbocycles. The van der Waals surface area contributed by atoms with Gasteiger partial charge in [0.15, 0.2) is 0 Å². The first kappa shape index (κ1) is 35.9. The molecule has 0 bridgehead atoms. The van der Waals surface area contributed by atoms with Gasteiger partial charge in [0.05, 0.1) is 5.41 Å². The lowest BCUT2D eigenvalue weighted by Crippen LogP contribution is -2.51. The van der Waals surface area contributed by atoms with E-state index in [1.807, 2.05) is 11.3 Å². The molecule has 2 atom stereocenters. The number of rotatable bonds is 7. The highest BCUT2D eigenvalue weighted by molar-refractivity contribution is 7.20. The van der Waals surface area contributed by atoms with Gasteiger partial charge in [-0.05, 0) is 114 Å². The van der Waals surface area contributed by atoms with Gasteiger partial charge in [0.2, 0.25) is 0 Å². The van der Waals surface area contributed by atoms with E-state index in [4.69, 9.17) is 4.74 Å². The number of thiophene rings is 1. The Bertz CT molecular complexity index is 2870. The first-order valence-electron chi connectivity index (χ1n) is 20.9. The van der Waals surface area contributed by atoms with Crippen molar-refractivity contribution in [3.8, 4) is 33.8 Å². The Balaban J connectivity index is 0.885. The lowest BCUT2D eigenvalue weighted by molar-refractivity contribution is 0.218. The topological polar surface area (TPSA) is 48.4 Å². The number of hydrogen-bond acceptors (Lipinski definition) is 4. The summed E-state index contributed by atoms with van der Waals surface area (Å²) in [6.45, 7) is 2.32. The maximum Gasteiger partial charge on any atom is 0.132 e. The number of para-hydroxylation sites is 1. The van der Waals surface area contributed by atoms with E-state index in [2.05, 4.69) is 188 Å². The highest BCUT2D eigenvalue weighted by atomic mass is 32.1. The molecular weight excluding hydrogens is 739 g/mol. The number of benzene rings is 6. The minimum absolute atomic E-state index is 0.141. The number of nitrogens with zero attached hydrogens (tertiary/aromatic N) is 1. The molecule has 0 fully saturated rings. The Morgan fingerprint density at radius 1 is 0.729 bits per heavy atom. The Labute approximate surface area is 350 Å². The molecule has 2 N–H and O–H groups in total. The molecule has 288 valence electrons. The van der Waals surface area contributed by atoms with Gasteiger partial charge in [-0.2, -0.15) is 0 Å². The summed E-state index contributed by atoms with van der Waals surface area (Å²) in [6.07, 6.45) is 13.3. The molecule has 0 amide bonds. The van der Waals surface area contributed by atoms with Crippen LogP contribution in [0.4, 0.5) is 0 Å². The van der Waals surface area contributed by atoms with Crippen LogP contribution in [-0.4, -0.2) is 30.0 Å². The first-order chi connectivity index (χ1) is 29.0. The Morgan fingerprint density at radius 3 is 2.17 bits per heavy atom. The molecule has 4 nitrogen and oxygen atoms in total. The quantitative estimate of drug-likeness (QED) is 0.0961. The summed E-state index contributed by atoms with van der Waals surface area (Å²) in [4.78, 5) is 3.80. The van der Waals surface area contributed by atoms with Crippen LogP contribution in [0.1, 0.15) is 64.4 Å². The zero-order valence-electron chi connectivity index (χ0n) is 33.3. The van der Waals surface area contributed by atoms with Crippen LogP contribution < -0.4 is 10.1 Å². The minimum atomic E-state index is -0.472. The summed E-state index contributed by atoms with van der Waals surface area (Å²) in [6, 6.07) is 50.3. The van der Waals surface area contributed by atoms with E-state index in [0.717, 1.165) is 59.4 Å². The molecule has 11 rings (SSSR count). The van der Waals surface area contributed by atoms with Crippen LogP contribution in [0.5, 0.6) is 11.5 Å². The largest absolute Gasteiger partial charge is 0.457 e. The standard InChI is InChI=1S/C54H45N3OS/c1-34(38-28-30-43-42-18-8-13-23-50(42)59-51(43)33-38)57(2)53(37-14-4-3-5-15-37)56-52(55)36-26-24-35(25-27-36)39-29-31-47-49(32-39)58-48-22-12-11-21-46(48)54(47)44-19-9-6-16-40(44)41-17-7-10-20-45(41)54/h4,6-27,29,31-34,53H,3,5,28,30H2,1-2H3,(H2,55,56). The van der Waals surface area contributed by atoms with Crippen LogP contribution in [0.3, 0.4) is 0 Å². The average molecular weight is 784 g/mol. The van der Waals surface area contributed by atoms with Gasteiger partial charge in [-0.15, -0.1) is 11.3 Å². The van der Waals surface area contributed by atoms with Crippen molar-refractivity contribution in [1.82, 2.24) is 10.2 Å². The molecule has 1 aliphatic heterocycles. The molecule has 5 heteroatoms. The van der Waals surface area contributed by atoms with Gasteiger partial charge < -0.3 is 10.1 Å². The van der Waals surface area contributed by atoms with Crippen LogP contribution >= 0.6 is 11.3 Å². The maximum absolute atomic E-state index is 9.37. The molecule has 0 radical (unpaired) electrons. The first-order valence-corrected chi connectivity index (χ1v) is 21.7. The Hall–Kier alpha value is -6.27. The van der Waals surface area contributed by atoms with Crippen molar-refractivity contribution >= 4 is 33.3 Å². The summed E-state index contributed by atoms with van der Waals surface area (Å²) in [5.74, 6) is 2.17. The fraction of sp³-hybridized carbons (Fsp3) is 0.167. The van der Waals surface area contributed by atoms with Crippen LogP contribution in [0.15, 0.2) is 169 Å². The van der Waals surface area contributed by atoms with Crippen molar-refractivity contribution in [2.24, 2.45) is 0 Å². The molecule has 59 heavy (non-hydrogen) atoms. The van der Waals surface area contributed by atoms with Crippen molar-refractivity contribution in [2.45, 2.75) is 50.2 Å². The number of fused-ring (bicyclic) bond motifs is 12. The van der Waals surface area contributed by atoms with Gasteiger partial charge in [-0.25, -0.2) is 0 Å². The number of ether oxygens (including phenoxy) is 1. The predicted molar refractivity (Wildman–Crippen MR) is 245 cm³/mol. The van der Waals surface area contributed by atoms with Gasteiger partial charge in [0, 0.05) is 32.3 Å². The number of likely N-dealkylation sites (N-methyl/N-ethyl adjacent to an activating group) is 1. The summed E-state index contributed by atoms with van der Waals surface area (Å²) in [7, 11) is 2.20. The number of hydrogen-bond donors (Lipinski definition) is 2. The zero-order chi connectivity index (χ0) is 39.7. The van der Waals surface area contributed by atoms with E-state index in [9.17, 15) is 5.41 Å². The molecule has 2 heterocycles. The van der Waals surface area contributed by atoms with E-state index < -0.39 is 5.41 Å². The van der Waals surface area contributed by atoms with Crippen molar-refractivity contribution in [3.63, 3.8) is 0 Å². The predicted octanol–water partition coefficient (Wildman–Crippen LogP) is 12.9. The van der Waals surface area contributed by atoms with Gasteiger partial charge in [-0.3, -0.25) is 10.3 Å². The third kappa shape index (κ3) is 5.71. The average Bonchev–Trinajstić information content (AvgIpc) is 3.81. The van der Waals surface area contributed by atoms with Crippen molar-refractivity contribution in [1.29, 1.82) is 5.41 Å². The maximum atomic E-state index is 9.37. The van der Waals surface area contributed by atoms with Crippen LogP contribution in [0.25, 0.3) is 38.4 Å². The zero-order valence-corrected chi connectivity index (χ0v) is 34.2. The van der Waals surface area contributed by atoms with Crippen LogP contribution in [0, 0.1) is 5.41 Å². The molecule has 0 saturated heterocycles. The smallest absolute Gasteiger partial charge is 0.132 e. The second kappa shape index (κ2) is 14.2. The monoisotopic (exact) mass is 783 g/mol. The SMILES string of the molecule is CC(C1=Cc2sc3ccccc3c2CC1)N(C)C(NC(=N)c1ccc(-c2ccc3c(c2)Oc2ccccc2C32c3ccccc3-c3ccccc32)cc1)C1=CCCC=C1. The fourth-order valence-corrected chi connectivity index (χ4v) is 11.4. The lowest BCUT2D eigenvalue weighted by Gasteiger charge is -2.39. The summed E-state index contributed by atoms with van der Waals surface area (Å²) < 4.78 is 8.14. The third-order valence-electron chi connectivity index (χ3n) is 13.2. The molecule has 1 aromatic heterocycles. The van der Waals surface area contributed by atoms with E-state index in [-0.39, 0.29) is 12.2 Å². The van der Waals surface area contributed by atoms with Crippen molar-refractivity contribution < 1.29 is 4.74 Å². The normalized spacial score (nSPS) is 16.5. The lowest BCUT2D eigenvalue weighted by atomic mass is 9.66. The van der Waals surface area contributed by atoms with E-state index >= 15 is 0 Å². The van der Waals surface area contributed by atoms with E-state index in [1.54, 1.807) is 0 Å². The summed E-state index contributed by atoms with van der Waals surface area (Å²) >= 11 is 1.91. The fourth-order valence-electron chi connectivity index (χ4n) is 10.2. The second-order valence-electron chi connectivity index (χ2n) is 16.3. The number of allylic oxidation sites excluding steroid dienone is 2. The molecule has 6 aromatic carbocycles. The van der Waals surface area contributed by atoms with Gasteiger partial charge >= 0.3 is 0 Å². The Kier molecular flexibility index (Phi) is 8.65. The molecule has 3 aliphatic carbocycles. The van der Waals surface area contributed by atoms with Gasteiger partial charge in [0.1, 0.15) is 23.5 Å². The van der Waals surface area contributed by atoms with E-state index in [0.29, 0.717) is 5.84 Å². The second-order valence-corrected chi connectivity index (χ2v) is 17.4. The molecular formula is C54H45N3OS. The summed E-state index contributed by atoms with van der Waals surface area (Å²) in [5, 5.41) is 14.4. The number of amidine groups is 1. The highest BCUT2D eigenvalue weighted by Gasteiger charge is 2.50. The Morgan fingerprint density at radius 2 is 1.41 bits per heavy atom.